The summed E-state index contributed by atoms with van der Waals surface area (Å²) in [5, 5.41) is 11.0. The van der Waals surface area contributed by atoms with Crippen molar-refractivity contribution in [3.63, 3.8) is 0 Å². The van der Waals surface area contributed by atoms with E-state index in [-0.39, 0.29) is 16.3 Å². The lowest BCUT2D eigenvalue weighted by Gasteiger charge is -2.07. The number of rotatable bonds is 2. The van der Waals surface area contributed by atoms with Gasteiger partial charge in [-0.1, -0.05) is 41.4 Å². The minimum absolute atomic E-state index is 0.0732. The van der Waals surface area contributed by atoms with Crippen molar-refractivity contribution in [3.8, 4) is 5.75 Å². The van der Waals surface area contributed by atoms with E-state index in [1.807, 2.05) is 0 Å². The average Bonchev–Trinajstić information content (AvgIpc) is 2.57. The van der Waals surface area contributed by atoms with Crippen LogP contribution in [0.2, 0.25) is 10.0 Å². The number of halogens is 5. The molecule has 25 heavy (non-hydrogen) atoms. The monoisotopic (exact) mass is 383 g/mol. The third kappa shape index (κ3) is 3.72. The fourth-order valence-corrected chi connectivity index (χ4v) is 2.83. The predicted molar refractivity (Wildman–Crippen MR) is 93.8 cm³/mol. The maximum atomic E-state index is 12.7. The summed E-state index contributed by atoms with van der Waals surface area (Å²) in [5.74, 6) is -0.199. The molecule has 0 aliphatic heterocycles. The number of hydrogen-bond donors (Lipinski definition) is 1. The summed E-state index contributed by atoms with van der Waals surface area (Å²) in [6.45, 7) is 0. The van der Waals surface area contributed by atoms with Crippen LogP contribution >= 0.6 is 23.2 Å². The maximum Gasteiger partial charge on any atom is 0.416 e. The van der Waals surface area contributed by atoms with Crippen molar-refractivity contribution < 1.29 is 18.3 Å². The van der Waals surface area contributed by atoms with Crippen LogP contribution in [0.15, 0.2) is 42.5 Å². The van der Waals surface area contributed by atoms with Crippen molar-refractivity contribution in [2.45, 2.75) is 6.18 Å². The molecule has 3 rings (SSSR count). The Bertz CT molecular complexity index is 984. The number of fused-ring (bicyclic) bond motifs is 1. The zero-order valence-electron chi connectivity index (χ0n) is 12.5. The van der Waals surface area contributed by atoms with Gasteiger partial charge in [0.15, 0.2) is 5.75 Å². The Balaban J connectivity index is 1.98. The molecule has 2 aromatic carbocycles. The molecule has 0 amide bonds. The van der Waals surface area contributed by atoms with Crippen molar-refractivity contribution >= 4 is 46.3 Å². The van der Waals surface area contributed by atoms with Gasteiger partial charge in [0, 0.05) is 5.39 Å². The van der Waals surface area contributed by atoms with Gasteiger partial charge in [-0.2, -0.15) is 13.2 Å². The topological polar surface area (TPSA) is 33.1 Å². The summed E-state index contributed by atoms with van der Waals surface area (Å²) >= 11 is 11.9. The summed E-state index contributed by atoms with van der Waals surface area (Å²) in [6.07, 6.45) is -1.35. The second-order valence-corrected chi connectivity index (χ2v) is 6.09. The van der Waals surface area contributed by atoms with E-state index in [4.69, 9.17) is 23.2 Å². The molecule has 3 aromatic rings. The molecule has 0 aliphatic carbocycles. The number of phenols is 1. The standard InChI is InChI=1S/C18H10Cl2F3NO/c19-14-9-15(20)17(25)16-13(14)7-6-12(24-16)5-4-10-2-1-3-11(8-10)18(21,22)23/h1-9,25H. The number of nitrogens with zero attached hydrogens (tertiary/aromatic N) is 1. The van der Waals surface area contributed by atoms with Crippen molar-refractivity contribution in [2.75, 3.05) is 0 Å². The van der Waals surface area contributed by atoms with Crippen molar-refractivity contribution in [1.29, 1.82) is 0 Å². The van der Waals surface area contributed by atoms with Crippen LogP contribution in [0.5, 0.6) is 5.75 Å². The minimum Gasteiger partial charge on any atom is -0.504 e. The molecule has 1 aromatic heterocycles. The second-order valence-electron chi connectivity index (χ2n) is 5.28. The van der Waals surface area contributed by atoms with Gasteiger partial charge in [0.25, 0.3) is 0 Å². The first-order valence-electron chi connectivity index (χ1n) is 7.09. The fraction of sp³-hybridized carbons (Fsp3) is 0.0556. The molecule has 0 atom stereocenters. The first kappa shape index (κ1) is 17.6. The van der Waals surface area contributed by atoms with Gasteiger partial charge in [-0.25, -0.2) is 4.98 Å². The number of aromatic nitrogens is 1. The van der Waals surface area contributed by atoms with Crippen LogP contribution in [0, 0.1) is 0 Å². The lowest BCUT2D eigenvalue weighted by molar-refractivity contribution is -0.137. The molecule has 1 heterocycles. The number of alkyl halides is 3. The van der Waals surface area contributed by atoms with Gasteiger partial charge in [0.1, 0.15) is 5.52 Å². The van der Waals surface area contributed by atoms with Gasteiger partial charge in [0.05, 0.1) is 21.3 Å². The largest absolute Gasteiger partial charge is 0.504 e. The third-order valence-corrected chi connectivity index (χ3v) is 4.14. The summed E-state index contributed by atoms with van der Waals surface area (Å²) in [7, 11) is 0. The molecular weight excluding hydrogens is 374 g/mol. The van der Waals surface area contributed by atoms with Gasteiger partial charge in [-0.05, 0) is 42.0 Å². The molecule has 0 saturated heterocycles. The first-order valence-corrected chi connectivity index (χ1v) is 7.84. The molecule has 0 spiro atoms. The summed E-state index contributed by atoms with van der Waals surface area (Å²) in [6, 6.07) is 9.66. The van der Waals surface area contributed by atoms with E-state index in [0.717, 1.165) is 12.1 Å². The highest BCUT2D eigenvalue weighted by Crippen LogP contribution is 2.36. The van der Waals surface area contributed by atoms with Crippen LogP contribution in [-0.2, 0) is 6.18 Å². The van der Waals surface area contributed by atoms with E-state index in [0.29, 0.717) is 21.7 Å². The fourth-order valence-electron chi connectivity index (χ4n) is 2.31. The highest BCUT2D eigenvalue weighted by atomic mass is 35.5. The summed E-state index contributed by atoms with van der Waals surface area (Å²) in [5.41, 5.74) is 0.324. The molecule has 2 nitrogen and oxygen atoms in total. The maximum absolute atomic E-state index is 12.7. The Labute approximate surface area is 151 Å². The Morgan fingerprint density at radius 2 is 1.72 bits per heavy atom. The van der Waals surface area contributed by atoms with Crippen LogP contribution in [0.4, 0.5) is 13.2 Å². The second kappa shape index (κ2) is 6.58. The number of pyridine rings is 1. The predicted octanol–water partition coefficient (Wildman–Crippen LogP) is 6.44. The number of phenolic OH excluding ortho intramolecular Hbond substituents is 1. The molecule has 0 aliphatic rings. The molecule has 0 unspecified atom stereocenters. The van der Waals surface area contributed by atoms with Crippen LogP contribution in [-0.4, -0.2) is 10.1 Å². The third-order valence-electron chi connectivity index (χ3n) is 3.54. The summed E-state index contributed by atoms with van der Waals surface area (Å²) < 4.78 is 38.2. The SMILES string of the molecule is Oc1c(Cl)cc(Cl)c2ccc(C=Cc3cccc(C(F)(F)F)c3)nc12. The van der Waals surface area contributed by atoms with E-state index < -0.39 is 11.7 Å². The Morgan fingerprint density at radius 3 is 2.44 bits per heavy atom. The van der Waals surface area contributed by atoms with Gasteiger partial charge in [-0.15, -0.1) is 0 Å². The summed E-state index contributed by atoms with van der Waals surface area (Å²) in [4.78, 5) is 4.25. The normalized spacial score (nSPS) is 12.2. The molecule has 1 N–H and O–H groups in total. The molecule has 0 fully saturated rings. The van der Waals surface area contributed by atoms with Crippen LogP contribution in [0.1, 0.15) is 16.8 Å². The molecule has 0 bridgehead atoms. The van der Waals surface area contributed by atoms with E-state index in [1.54, 1.807) is 24.3 Å². The Hall–Kier alpha value is -2.24. The first-order chi connectivity index (χ1) is 11.8. The molecule has 128 valence electrons. The molecular formula is C18H10Cl2F3NO. The van der Waals surface area contributed by atoms with E-state index in [9.17, 15) is 18.3 Å². The van der Waals surface area contributed by atoms with E-state index >= 15 is 0 Å². The Kier molecular flexibility index (Phi) is 4.62. The number of hydrogen-bond acceptors (Lipinski definition) is 2. The van der Waals surface area contributed by atoms with Crippen LogP contribution in [0.25, 0.3) is 23.1 Å². The average molecular weight is 384 g/mol. The molecule has 0 radical (unpaired) electrons. The number of benzene rings is 2. The molecule has 0 saturated carbocycles. The Morgan fingerprint density at radius 1 is 0.960 bits per heavy atom. The smallest absolute Gasteiger partial charge is 0.416 e. The van der Waals surface area contributed by atoms with Crippen molar-refractivity contribution in [2.24, 2.45) is 0 Å². The highest BCUT2D eigenvalue weighted by Gasteiger charge is 2.30. The molecule has 7 heteroatoms. The van der Waals surface area contributed by atoms with E-state index in [1.165, 1.54) is 18.2 Å². The van der Waals surface area contributed by atoms with Crippen LogP contribution < -0.4 is 0 Å². The zero-order chi connectivity index (χ0) is 18.2. The number of aromatic hydroxyl groups is 1. The van der Waals surface area contributed by atoms with Gasteiger partial charge >= 0.3 is 6.18 Å². The van der Waals surface area contributed by atoms with Crippen molar-refractivity contribution in [3.05, 3.63) is 69.3 Å². The quantitative estimate of drug-likeness (QED) is 0.552. The van der Waals surface area contributed by atoms with Crippen molar-refractivity contribution in [1.82, 2.24) is 4.98 Å². The van der Waals surface area contributed by atoms with E-state index in [2.05, 4.69) is 4.98 Å². The van der Waals surface area contributed by atoms with Gasteiger partial charge < -0.3 is 5.11 Å². The van der Waals surface area contributed by atoms with Gasteiger partial charge in [0.2, 0.25) is 0 Å². The van der Waals surface area contributed by atoms with Crippen LogP contribution in [0.3, 0.4) is 0 Å². The highest BCUT2D eigenvalue weighted by molar-refractivity contribution is 6.39. The zero-order valence-corrected chi connectivity index (χ0v) is 14.0. The lowest BCUT2D eigenvalue weighted by atomic mass is 10.1. The van der Waals surface area contributed by atoms with Gasteiger partial charge in [-0.3, -0.25) is 0 Å². The lowest BCUT2D eigenvalue weighted by Crippen LogP contribution is -2.04. The minimum atomic E-state index is -4.40.